The third kappa shape index (κ3) is 4.73. The van der Waals surface area contributed by atoms with E-state index >= 15 is 0 Å². The molecule has 0 bridgehead atoms. The SMILES string of the molecule is CSNc1ccc(-c2cc3ccc(OCc4cccc(C(=O)O)c4)cc3oc2=O)cc1. The zero-order valence-corrected chi connectivity index (χ0v) is 17.4. The summed E-state index contributed by atoms with van der Waals surface area (Å²) in [6.45, 7) is 0.200. The second kappa shape index (κ2) is 8.97. The van der Waals surface area contributed by atoms with Crippen molar-refractivity contribution in [2.45, 2.75) is 6.61 Å². The van der Waals surface area contributed by atoms with Crippen LogP contribution in [-0.4, -0.2) is 17.3 Å². The first kappa shape index (κ1) is 20.6. The topological polar surface area (TPSA) is 88.8 Å². The molecule has 0 atom stereocenters. The molecule has 0 radical (unpaired) electrons. The highest BCUT2D eigenvalue weighted by molar-refractivity contribution is 7.99. The summed E-state index contributed by atoms with van der Waals surface area (Å²) in [4.78, 5) is 23.6. The van der Waals surface area contributed by atoms with Crippen molar-refractivity contribution < 1.29 is 19.1 Å². The Bertz CT molecular complexity index is 1300. The lowest BCUT2D eigenvalue weighted by Crippen LogP contribution is -2.03. The van der Waals surface area contributed by atoms with Gasteiger partial charge in [0.25, 0.3) is 0 Å². The second-order valence-electron chi connectivity index (χ2n) is 6.82. The number of nitrogens with one attached hydrogen (secondary N) is 1. The van der Waals surface area contributed by atoms with Gasteiger partial charge in [0.2, 0.25) is 0 Å². The van der Waals surface area contributed by atoms with Crippen LogP contribution >= 0.6 is 11.9 Å². The lowest BCUT2D eigenvalue weighted by molar-refractivity contribution is 0.0696. The number of anilines is 1. The van der Waals surface area contributed by atoms with Gasteiger partial charge in [-0.2, -0.15) is 0 Å². The zero-order chi connectivity index (χ0) is 21.8. The summed E-state index contributed by atoms with van der Waals surface area (Å²) in [5, 5.41) is 9.87. The van der Waals surface area contributed by atoms with Crippen molar-refractivity contribution >= 4 is 34.6 Å². The summed E-state index contributed by atoms with van der Waals surface area (Å²) < 4.78 is 14.4. The number of ether oxygens (including phenoxy) is 1. The maximum absolute atomic E-state index is 12.6. The van der Waals surface area contributed by atoms with E-state index in [0.29, 0.717) is 16.9 Å². The van der Waals surface area contributed by atoms with E-state index in [-0.39, 0.29) is 12.2 Å². The van der Waals surface area contributed by atoms with Crippen molar-refractivity contribution in [3.8, 4) is 16.9 Å². The Morgan fingerprint density at radius 1 is 1.06 bits per heavy atom. The lowest BCUT2D eigenvalue weighted by Gasteiger charge is -2.09. The minimum absolute atomic E-state index is 0.200. The fraction of sp³-hybridized carbons (Fsp3) is 0.0833. The fourth-order valence-corrected chi connectivity index (χ4v) is 3.55. The highest BCUT2D eigenvalue weighted by Crippen LogP contribution is 2.26. The second-order valence-corrected chi connectivity index (χ2v) is 7.44. The molecule has 0 spiro atoms. The van der Waals surface area contributed by atoms with Crippen LogP contribution in [-0.2, 0) is 6.61 Å². The molecule has 0 aliphatic heterocycles. The Morgan fingerprint density at radius 2 is 1.87 bits per heavy atom. The molecule has 4 rings (SSSR count). The molecule has 0 aliphatic carbocycles. The molecule has 0 unspecified atom stereocenters. The standard InChI is InChI=1S/C24H19NO5S/c1-31-25-19-8-5-16(6-9-19)21-12-17-7-10-20(13-22(17)30-24(21)28)29-14-15-3-2-4-18(11-15)23(26)27/h2-13,25H,14H2,1H3,(H,26,27). The molecular formula is C24H19NO5S. The van der Waals surface area contributed by atoms with Crippen molar-refractivity contribution in [3.05, 3.63) is 94.3 Å². The smallest absolute Gasteiger partial charge is 0.344 e. The van der Waals surface area contributed by atoms with Crippen LogP contribution in [0, 0.1) is 0 Å². The van der Waals surface area contributed by atoms with E-state index in [9.17, 15) is 9.59 Å². The van der Waals surface area contributed by atoms with E-state index in [2.05, 4.69) is 4.72 Å². The van der Waals surface area contributed by atoms with Crippen molar-refractivity contribution in [2.24, 2.45) is 0 Å². The van der Waals surface area contributed by atoms with Gasteiger partial charge in [-0.25, -0.2) is 9.59 Å². The molecule has 0 aliphatic rings. The molecule has 7 heteroatoms. The van der Waals surface area contributed by atoms with Crippen molar-refractivity contribution in [1.82, 2.24) is 0 Å². The monoisotopic (exact) mass is 433 g/mol. The molecular weight excluding hydrogens is 414 g/mol. The molecule has 6 nitrogen and oxygen atoms in total. The Kier molecular flexibility index (Phi) is 5.95. The van der Waals surface area contributed by atoms with Gasteiger partial charge in [-0.05, 0) is 53.6 Å². The Hall–Kier alpha value is -3.71. The highest BCUT2D eigenvalue weighted by atomic mass is 32.2. The normalized spacial score (nSPS) is 10.7. The highest BCUT2D eigenvalue weighted by Gasteiger charge is 2.10. The number of hydrogen-bond donors (Lipinski definition) is 2. The van der Waals surface area contributed by atoms with Crippen LogP contribution in [0.5, 0.6) is 5.75 Å². The van der Waals surface area contributed by atoms with Gasteiger partial charge in [-0.3, -0.25) is 0 Å². The number of hydrogen-bond acceptors (Lipinski definition) is 6. The Morgan fingerprint density at radius 3 is 2.61 bits per heavy atom. The number of benzene rings is 3. The minimum Gasteiger partial charge on any atom is -0.489 e. The minimum atomic E-state index is -0.986. The average Bonchev–Trinajstić information content (AvgIpc) is 2.78. The first-order valence-corrected chi connectivity index (χ1v) is 10.7. The Balaban J connectivity index is 1.56. The van der Waals surface area contributed by atoms with E-state index in [1.54, 1.807) is 36.4 Å². The fourth-order valence-electron chi connectivity index (χ4n) is 3.18. The molecule has 4 aromatic rings. The quantitative estimate of drug-likeness (QED) is 0.297. The predicted molar refractivity (Wildman–Crippen MR) is 123 cm³/mol. The summed E-state index contributed by atoms with van der Waals surface area (Å²) >= 11 is 1.50. The molecule has 0 fully saturated rings. The van der Waals surface area contributed by atoms with Crippen LogP contribution in [0.4, 0.5) is 5.69 Å². The summed E-state index contributed by atoms with van der Waals surface area (Å²) in [5.41, 5.74) is 3.16. The number of carboxylic acid groups (broad SMARTS) is 1. The predicted octanol–water partition coefficient (Wildman–Crippen LogP) is 5.43. The van der Waals surface area contributed by atoms with Crippen LogP contribution in [0.1, 0.15) is 15.9 Å². The van der Waals surface area contributed by atoms with E-state index in [0.717, 1.165) is 22.2 Å². The van der Waals surface area contributed by atoms with Crippen molar-refractivity contribution in [1.29, 1.82) is 0 Å². The maximum atomic E-state index is 12.6. The molecule has 156 valence electrons. The van der Waals surface area contributed by atoms with E-state index in [4.69, 9.17) is 14.3 Å². The average molecular weight is 433 g/mol. The van der Waals surface area contributed by atoms with Gasteiger partial charge < -0.3 is 19.0 Å². The van der Waals surface area contributed by atoms with Gasteiger partial charge in [0.05, 0.1) is 11.1 Å². The van der Waals surface area contributed by atoms with E-state index in [1.165, 1.54) is 18.0 Å². The number of fused-ring (bicyclic) bond motifs is 1. The van der Waals surface area contributed by atoms with E-state index in [1.807, 2.05) is 36.6 Å². The molecule has 0 saturated carbocycles. The van der Waals surface area contributed by atoms with Crippen LogP contribution in [0.3, 0.4) is 0 Å². The maximum Gasteiger partial charge on any atom is 0.344 e. The van der Waals surface area contributed by atoms with Crippen molar-refractivity contribution in [3.63, 3.8) is 0 Å². The molecule has 1 aromatic heterocycles. The van der Waals surface area contributed by atoms with Crippen LogP contribution in [0.25, 0.3) is 22.1 Å². The first-order chi connectivity index (χ1) is 15.0. The summed E-state index contributed by atoms with van der Waals surface area (Å²) in [5.74, 6) is -0.461. The third-order valence-corrected chi connectivity index (χ3v) is 5.14. The van der Waals surface area contributed by atoms with Crippen LogP contribution < -0.4 is 15.1 Å². The molecule has 3 aromatic carbocycles. The number of carbonyl (C=O) groups is 1. The third-order valence-electron chi connectivity index (χ3n) is 4.70. The van der Waals surface area contributed by atoms with Crippen LogP contribution in [0.15, 0.2) is 82.0 Å². The lowest BCUT2D eigenvalue weighted by atomic mass is 10.1. The largest absolute Gasteiger partial charge is 0.489 e. The van der Waals surface area contributed by atoms with Gasteiger partial charge in [-0.1, -0.05) is 36.2 Å². The first-order valence-electron chi connectivity index (χ1n) is 9.46. The molecule has 0 amide bonds. The summed E-state index contributed by atoms with van der Waals surface area (Å²) in [7, 11) is 0. The van der Waals surface area contributed by atoms with Gasteiger partial charge in [0, 0.05) is 23.4 Å². The number of rotatable bonds is 7. The van der Waals surface area contributed by atoms with Gasteiger partial charge >= 0.3 is 11.6 Å². The number of carboxylic acids is 1. The zero-order valence-electron chi connectivity index (χ0n) is 16.6. The Labute approximate surface area is 182 Å². The van der Waals surface area contributed by atoms with Crippen molar-refractivity contribution in [2.75, 3.05) is 11.0 Å². The number of aromatic carboxylic acids is 1. The molecule has 31 heavy (non-hydrogen) atoms. The summed E-state index contributed by atoms with van der Waals surface area (Å²) in [6.07, 6.45) is 1.94. The molecule has 2 N–H and O–H groups in total. The van der Waals surface area contributed by atoms with Gasteiger partial charge in [-0.15, -0.1) is 0 Å². The molecule has 0 saturated heterocycles. The molecule has 1 heterocycles. The summed E-state index contributed by atoms with van der Waals surface area (Å²) in [6, 6.07) is 21.2. The van der Waals surface area contributed by atoms with Crippen LogP contribution in [0.2, 0.25) is 0 Å². The van der Waals surface area contributed by atoms with Gasteiger partial charge in [0.15, 0.2) is 0 Å². The van der Waals surface area contributed by atoms with Gasteiger partial charge in [0.1, 0.15) is 17.9 Å². The van der Waals surface area contributed by atoms with E-state index < -0.39 is 11.6 Å².